The van der Waals surface area contributed by atoms with Gasteiger partial charge in [-0.3, -0.25) is 0 Å². The Balaban J connectivity index is 2.45. The van der Waals surface area contributed by atoms with E-state index in [4.69, 9.17) is 5.73 Å². The van der Waals surface area contributed by atoms with E-state index in [9.17, 15) is 13.2 Å². The molecule has 0 radical (unpaired) electrons. The average molecular weight is 279 g/mol. The summed E-state index contributed by atoms with van der Waals surface area (Å²) in [6.07, 6.45) is 0. The van der Waals surface area contributed by atoms with Crippen LogP contribution in [-0.4, -0.2) is 0 Å². The van der Waals surface area contributed by atoms with Gasteiger partial charge >= 0.3 is 0 Å². The largest absolute Gasteiger partial charge is 0.323 e. The zero-order valence-corrected chi connectivity index (χ0v) is 11.3. The van der Waals surface area contributed by atoms with Gasteiger partial charge in [-0.15, -0.1) is 0 Å². The van der Waals surface area contributed by atoms with Gasteiger partial charge in [0.15, 0.2) is 11.6 Å². The molecule has 1 atom stereocenters. The summed E-state index contributed by atoms with van der Waals surface area (Å²) in [5.41, 5.74) is 6.35. The number of nitrogens with two attached hydrogens (primary N) is 1. The number of hydrogen-bond donors (Lipinski definition) is 1. The van der Waals surface area contributed by atoms with Crippen LogP contribution in [-0.2, 0) is 5.41 Å². The van der Waals surface area contributed by atoms with Crippen molar-refractivity contribution in [1.29, 1.82) is 0 Å². The minimum Gasteiger partial charge on any atom is -0.323 e. The Morgan fingerprint density at radius 3 is 2.05 bits per heavy atom. The second-order valence-electron chi connectivity index (χ2n) is 5.35. The molecule has 0 spiro atoms. The lowest BCUT2D eigenvalue weighted by Gasteiger charge is -2.32. The average Bonchev–Trinajstić information content (AvgIpc) is 2.43. The maximum Gasteiger partial charge on any atom is 0.161 e. The molecule has 0 aliphatic rings. The topological polar surface area (TPSA) is 26.0 Å². The third-order valence-corrected chi connectivity index (χ3v) is 3.67. The molecule has 0 bridgehead atoms. The maximum atomic E-state index is 13.8. The smallest absolute Gasteiger partial charge is 0.161 e. The number of benzene rings is 2. The molecule has 0 saturated carbocycles. The summed E-state index contributed by atoms with van der Waals surface area (Å²) >= 11 is 0. The van der Waals surface area contributed by atoms with Gasteiger partial charge in [0.05, 0.1) is 0 Å². The molecule has 2 N–H and O–H groups in total. The summed E-state index contributed by atoms with van der Waals surface area (Å²) in [6, 6.07) is 9.89. The van der Waals surface area contributed by atoms with E-state index in [1.54, 1.807) is 0 Å². The molecular weight excluding hydrogens is 263 g/mol. The van der Waals surface area contributed by atoms with E-state index in [-0.39, 0.29) is 5.56 Å². The summed E-state index contributed by atoms with van der Waals surface area (Å²) in [5.74, 6) is -3.14. The Morgan fingerprint density at radius 2 is 1.45 bits per heavy atom. The first-order valence-corrected chi connectivity index (χ1v) is 6.29. The number of rotatable bonds is 3. The Kier molecular flexibility index (Phi) is 3.86. The van der Waals surface area contributed by atoms with E-state index in [0.29, 0.717) is 6.07 Å². The second kappa shape index (κ2) is 5.29. The highest BCUT2D eigenvalue weighted by molar-refractivity contribution is 5.32. The van der Waals surface area contributed by atoms with Crippen LogP contribution in [0.5, 0.6) is 0 Å². The van der Waals surface area contributed by atoms with Crippen molar-refractivity contribution in [3.63, 3.8) is 0 Å². The minimum absolute atomic E-state index is 0.0299. The van der Waals surface area contributed by atoms with E-state index in [1.807, 2.05) is 44.2 Å². The van der Waals surface area contributed by atoms with Crippen molar-refractivity contribution < 1.29 is 13.2 Å². The molecule has 0 heterocycles. The standard InChI is InChI=1S/C16H16F3N/c1-16(2,10-6-4-3-5-7-10)15(20)11-8-13(18)14(19)9-12(11)17/h3-9,15H,20H2,1-2H3. The molecular formula is C16H16F3N. The van der Waals surface area contributed by atoms with Gasteiger partial charge in [-0.2, -0.15) is 0 Å². The fourth-order valence-electron chi connectivity index (χ4n) is 2.21. The van der Waals surface area contributed by atoms with Crippen LogP contribution in [0.3, 0.4) is 0 Å². The highest BCUT2D eigenvalue weighted by Gasteiger charge is 2.32. The maximum absolute atomic E-state index is 13.8. The van der Waals surface area contributed by atoms with Gasteiger partial charge in [-0.1, -0.05) is 44.2 Å². The zero-order chi connectivity index (χ0) is 14.9. The number of hydrogen-bond acceptors (Lipinski definition) is 1. The molecule has 0 aliphatic heterocycles. The lowest BCUT2D eigenvalue weighted by atomic mass is 9.75. The molecule has 0 saturated heterocycles. The van der Waals surface area contributed by atoms with E-state index >= 15 is 0 Å². The van der Waals surface area contributed by atoms with Crippen molar-refractivity contribution in [2.24, 2.45) is 5.73 Å². The van der Waals surface area contributed by atoms with Crippen molar-refractivity contribution >= 4 is 0 Å². The van der Waals surface area contributed by atoms with E-state index in [2.05, 4.69) is 0 Å². The highest BCUT2D eigenvalue weighted by Crippen LogP contribution is 2.36. The monoisotopic (exact) mass is 279 g/mol. The van der Waals surface area contributed by atoms with Gasteiger partial charge in [0.2, 0.25) is 0 Å². The van der Waals surface area contributed by atoms with Crippen molar-refractivity contribution in [2.45, 2.75) is 25.3 Å². The van der Waals surface area contributed by atoms with Crippen LogP contribution >= 0.6 is 0 Å². The molecule has 2 aromatic rings. The van der Waals surface area contributed by atoms with E-state index in [1.165, 1.54) is 0 Å². The van der Waals surface area contributed by atoms with Gasteiger partial charge in [0, 0.05) is 23.1 Å². The first kappa shape index (κ1) is 14.6. The summed E-state index contributed by atoms with van der Waals surface area (Å²) in [5, 5.41) is 0. The third kappa shape index (κ3) is 2.56. The van der Waals surface area contributed by atoms with Crippen LogP contribution in [0.15, 0.2) is 42.5 Å². The molecule has 0 aliphatic carbocycles. The molecule has 4 heteroatoms. The summed E-state index contributed by atoms with van der Waals surface area (Å²) in [4.78, 5) is 0. The number of halogens is 3. The van der Waals surface area contributed by atoms with Crippen molar-refractivity contribution in [2.75, 3.05) is 0 Å². The molecule has 2 aromatic carbocycles. The Hall–Kier alpha value is -1.81. The normalized spacial score (nSPS) is 13.3. The van der Waals surface area contributed by atoms with E-state index < -0.39 is 28.9 Å². The van der Waals surface area contributed by atoms with Crippen molar-refractivity contribution in [3.05, 3.63) is 71.0 Å². The fourth-order valence-corrected chi connectivity index (χ4v) is 2.21. The highest BCUT2D eigenvalue weighted by atomic mass is 19.2. The second-order valence-corrected chi connectivity index (χ2v) is 5.35. The zero-order valence-electron chi connectivity index (χ0n) is 11.3. The van der Waals surface area contributed by atoms with Gasteiger partial charge in [0.1, 0.15) is 5.82 Å². The molecule has 2 rings (SSSR count). The Bertz CT molecular complexity index is 609. The fraction of sp³-hybridized carbons (Fsp3) is 0.250. The van der Waals surface area contributed by atoms with Crippen LogP contribution in [0.25, 0.3) is 0 Å². The summed E-state index contributed by atoms with van der Waals surface area (Å²) in [7, 11) is 0. The molecule has 20 heavy (non-hydrogen) atoms. The quantitative estimate of drug-likeness (QED) is 0.842. The van der Waals surface area contributed by atoms with Crippen LogP contribution in [0, 0.1) is 17.5 Å². The SMILES string of the molecule is CC(C)(c1ccccc1)C(N)c1cc(F)c(F)cc1F. The van der Waals surface area contributed by atoms with Crippen molar-refractivity contribution in [1.82, 2.24) is 0 Å². The third-order valence-electron chi connectivity index (χ3n) is 3.67. The molecule has 0 aromatic heterocycles. The van der Waals surface area contributed by atoms with Crippen LogP contribution in [0.1, 0.15) is 31.0 Å². The Labute approximate surface area is 116 Å². The van der Waals surface area contributed by atoms with E-state index in [0.717, 1.165) is 11.6 Å². The summed E-state index contributed by atoms with van der Waals surface area (Å²) in [6.45, 7) is 3.68. The first-order chi connectivity index (χ1) is 9.34. The molecule has 0 amide bonds. The molecule has 1 unspecified atom stereocenters. The lowest BCUT2D eigenvalue weighted by Crippen LogP contribution is -2.34. The van der Waals surface area contributed by atoms with Crippen molar-refractivity contribution in [3.8, 4) is 0 Å². The van der Waals surface area contributed by atoms with Gasteiger partial charge in [-0.25, -0.2) is 13.2 Å². The minimum atomic E-state index is -1.21. The van der Waals surface area contributed by atoms with Crippen LogP contribution in [0.4, 0.5) is 13.2 Å². The first-order valence-electron chi connectivity index (χ1n) is 6.29. The Morgan fingerprint density at radius 1 is 0.900 bits per heavy atom. The van der Waals surface area contributed by atoms with Gasteiger partial charge in [-0.05, 0) is 11.6 Å². The van der Waals surface area contributed by atoms with Gasteiger partial charge < -0.3 is 5.73 Å². The molecule has 106 valence electrons. The predicted octanol–water partition coefficient (Wildman–Crippen LogP) is 4.08. The van der Waals surface area contributed by atoms with Crippen LogP contribution < -0.4 is 5.73 Å². The molecule has 0 fully saturated rings. The van der Waals surface area contributed by atoms with Gasteiger partial charge in [0.25, 0.3) is 0 Å². The summed E-state index contributed by atoms with van der Waals surface area (Å²) < 4.78 is 40.1. The molecule has 1 nitrogen and oxygen atoms in total. The lowest BCUT2D eigenvalue weighted by molar-refractivity contribution is 0.399. The predicted molar refractivity (Wildman–Crippen MR) is 72.7 cm³/mol. The van der Waals surface area contributed by atoms with Crippen LogP contribution in [0.2, 0.25) is 0 Å².